The third-order valence-electron chi connectivity index (χ3n) is 3.59. The molecular weight excluding hydrogens is 276 g/mol. The van der Waals surface area contributed by atoms with E-state index in [1.165, 1.54) is 5.56 Å². The first kappa shape index (κ1) is 16.4. The van der Waals surface area contributed by atoms with Crippen LogP contribution in [0, 0.1) is 20.8 Å². The van der Waals surface area contributed by atoms with Gasteiger partial charge in [0.25, 0.3) is 0 Å². The van der Waals surface area contributed by atoms with E-state index >= 15 is 0 Å². The largest absolute Gasteiger partial charge is 0.363 e. The van der Waals surface area contributed by atoms with Crippen molar-refractivity contribution in [3.63, 3.8) is 0 Å². The second kappa shape index (κ2) is 6.87. The Morgan fingerprint density at radius 1 is 1.14 bits per heavy atom. The molecule has 0 saturated carbocycles. The Balaban J connectivity index is 1.94. The first-order valence-corrected chi connectivity index (χ1v) is 7.60. The number of aryl methyl sites for hydroxylation is 4. The molecule has 0 atom stereocenters. The highest BCUT2D eigenvalue weighted by atomic mass is 15.4. The lowest BCUT2D eigenvalue weighted by Crippen LogP contribution is -2.21. The van der Waals surface area contributed by atoms with Crippen molar-refractivity contribution in [3.05, 3.63) is 34.5 Å². The van der Waals surface area contributed by atoms with Crippen LogP contribution < -0.4 is 10.2 Å². The zero-order chi connectivity index (χ0) is 16.3. The summed E-state index contributed by atoms with van der Waals surface area (Å²) in [6, 6.07) is 2.00. The molecule has 0 fully saturated rings. The van der Waals surface area contributed by atoms with Crippen LogP contribution in [0.4, 0.5) is 5.82 Å². The second-order valence-electron chi connectivity index (χ2n) is 5.90. The van der Waals surface area contributed by atoms with Gasteiger partial charge in [0.15, 0.2) is 0 Å². The van der Waals surface area contributed by atoms with Crippen molar-refractivity contribution < 1.29 is 0 Å². The van der Waals surface area contributed by atoms with E-state index in [4.69, 9.17) is 0 Å². The quantitative estimate of drug-likeness (QED) is 0.820. The van der Waals surface area contributed by atoms with Crippen LogP contribution in [0.3, 0.4) is 0 Å². The minimum atomic E-state index is 0.804. The van der Waals surface area contributed by atoms with Crippen molar-refractivity contribution in [3.8, 4) is 0 Å². The van der Waals surface area contributed by atoms with Gasteiger partial charge in [-0.2, -0.15) is 5.10 Å². The molecule has 120 valence electrons. The maximum absolute atomic E-state index is 4.50. The predicted octanol–water partition coefficient (Wildman–Crippen LogP) is 1.53. The average molecular weight is 302 g/mol. The summed E-state index contributed by atoms with van der Waals surface area (Å²) < 4.78 is 1.93. The van der Waals surface area contributed by atoms with Gasteiger partial charge < -0.3 is 10.2 Å². The fraction of sp³-hybridized carbons (Fsp3) is 0.562. The molecule has 0 aromatic carbocycles. The lowest BCUT2D eigenvalue weighted by Gasteiger charge is -2.15. The summed E-state index contributed by atoms with van der Waals surface area (Å²) in [6.07, 6.45) is 0.832. The zero-order valence-corrected chi connectivity index (χ0v) is 14.4. The van der Waals surface area contributed by atoms with Gasteiger partial charge in [-0.1, -0.05) is 0 Å². The molecule has 2 aromatic rings. The van der Waals surface area contributed by atoms with Gasteiger partial charge in [0.05, 0.1) is 5.69 Å². The van der Waals surface area contributed by atoms with Gasteiger partial charge in [0.2, 0.25) is 0 Å². The molecule has 0 bridgehead atoms. The van der Waals surface area contributed by atoms with E-state index in [0.29, 0.717) is 0 Å². The predicted molar refractivity (Wildman–Crippen MR) is 89.2 cm³/mol. The molecule has 2 aromatic heterocycles. The van der Waals surface area contributed by atoms with Crippen LogP contribution in [0.15, 0.2) is 6.07 Å². The molecule has 0 saturated heterocycles. The average Bonchev–Trinajstić information content (AvgIpc) is 2.68. The Bertz CT molecular complexity index is 624. The van der Waals surface area contributed by atoms with Crippen molar-refractivity contribution in [1.82, 2.24) is 25.1 Å². The highest BCUT2D eigenvalue weighted by molar-refractivity contribution is 5.48. The van der Waals surface area contributed by atoms with Gasteiger partial charge in [0.1, 0.15) is 11.6 Å². The number of nitrogens with zero attached hydrogens (tertiary/aromatic N) is 5. The van der Waals surface area contributed by atoms with Gasteiger partial charge >= 0.3 is 0 Å². The van der Waals surface area contributed by atoms with Gasteiger partial charge in [0, 0.05) is 57.6 Å². The summed E-state index contributed by atoms with van der Waals surface area (Å²) in [5.41, 5.74) is 4.37. The molecule has 2 rings (SSSR count). The third kappa shape index (κ3) is 3.82. The molecule has 0 amide bonds. The van der Waals surface area contributed by atoms with E-state index in [1.807, 2.05) is 45.7 Å². The molecule has 22 heavy (non-hydrogen) atoms. The molecule has 0 aliphatic rings. The molecule has 2 heterocycles. The Morgan fingerprint density at radius 3 is 2.36 bits per heavy atom. The molecule has 6 heteroatoms. The molecule has 0 radical (unpaired) electrons. The van der Waals surface area contributed by atoms with Crippen molar-refractivity contribution in [2.45, 2.75) is 33.7 Å². The van der Waals surface area contributed by atoms with Crippen molar-refractivity contribution in [2.75, 3.05) is 25.5 Å². The lowest BCUT2D eigenvalue weighted by atomic mass is 10.2. The van der Waals surface area contributed by atoms with Gasteiger partial charge in [-0.05, 0) is 26.8 Å². The standard InChI is InChI=1S/C16H26N6/c1-11-9-12(2)19-15(18-11)7-8-17-10-14-13(3)20-22(6)16(14)21(4)5/h9,17H,7-8,10H2,1-6H3. The van der Waals surface area contributed by atoms with Gasteiger partial charge in [-0.25, -0.2) is 9.97 Å². The number of anilines is 1. The van der Waals surface area contributed by atoms with Crippen LogP contribution in [0.25, 0.3) is 0 Å². The maximum atomic E-state index is 4.50. The summed E-state index contributed by atoms with van der Waals surface area (Å²) in [4.78, 5) is 11.0. The van der Waals surface area contributed by atoms with Crippen LogP contribution in [-0.2, 0) is 20.0 Å². The highest BCUT2D eigenvalue weighted by Crippen LogP contribution is 2.20. The second-order valence-corrected chi connectivity index (χ2v) is 5.90. The molecular formula is C16H26N6. The number of rotatable bonds is 6. The van der Waals surface area contributed by atoms with Gasteiger partial charge in [-0.15, -0.1) is 0 Å². The van der Waals surface area contributed by atoms with Crippen LogP contribution in [0.5, 0.6) is 0 Å². The minimum Gasteiger partial charge on any atom is -0.363 e. The summed E-state index contributed by atoms with van der Waals surface area (Å²) >= 11 is 0. The van der Waals surface area contributed by atoms with Crippen molar-refractivity contribution in [2.24, 2.45) is 7.05 Å². The number of hydrogen-bond acceptors (Lipinski definition) is 5. The smallest absolute Gasteiger partial charge is 0.130 e. The summed E-state index contributed by atoms with van der Waals surface area (Å²) in [6.45, 7) is 7.72. The lowest BCUT2D eigenvalue weighted by molar-refractivity contribution is 0.664. The molecule has 6 nitrogen and oxygen atoms in total. The van der Waals surface area contributed by atoms with E-state index < -0.39 is 0 Å². The van der Waals surface area contributed by atoms with E-state index in [2.05, 4.69) is 32.2 Å². The SMILES string of the molecule is Cc1cc(C)nc(CCNCc2c(C)nn(C)c2N(C)C)n1. The Morgan fingerprint density at radius 2 is 1.77 bits per heavy atom. The molecule has 0 aliphatic carbocycles. The molecule has 1 N–H and O–H groups in total. The fourth-order valence-corrected chi connectivity index (χ4v) is 2.78. The molecule has 0 aliphatic heterocycles. The summed E-state index contributed by atoms with van der Waals surface area (Å²) in [5.74, 6) is 2.05. The Labute approximate surface area is 132 Å². The zero-order valence-electron chi connectivity index (χ0n) is 14.4. The molecule has 0 spiro atoms. The van der Waals surface area contributed by atoms with Crippen LogP contribution in [-0.4, -0.2) is 40.4 Å². The number of aromatic nitrogens is 4. The Kier molecular flexibility index (Phi) is 5.13. The Hall–Kier alpha value is -1.95. The monoisotopic (exact) mass is 302 g/mol. The molecule has 0 unspecified atom stereocenters. The first-order chi connectivity index (χ1) is 10.4. The first-order valence-electron chi connectivity index (χ1n) is 7.60. The van der Waals surface area contributed by atoms with Crippen LogP contribution in [0.1, 0.15) is 28.5 Å². The minimum absolute atomic E-state index is 0.804. The normalized spacial score (nSPS) is 11.0. The summed E-state index contributed by atoms with van der Waals surface area (Å²) in [5, 5.41) is 7.98. The maximum Gasteiger partial charge on any atom is 0.130 e. The van der Waals surface area contributed by atoms with Gasteiger partial charge in [-0.3, -0.25) is 4.68 Å². The summed E-state index contributed by atoms with van der Waals surface area (Å²) in [7, 11) is 6.07. The highest BCUT2D eigenvalue weighted by Gasteiger charge is 2.14. The van der Waals surface area contributed by atoms with Crippen molar-refractivity contribution in [1.29, 1.82) is 0 Å². The topological polar surface area (TPSA) is 58.9 Å². The number of nitrogens with one attached hydrogen (secondary N) is 1. The van der Waals surface area contributed by atoms with E-state index in [0.717, 1.165) is 48.2 Å². The van der Waals surface area contributed by atoms with Crippen LogP contribution in [0.2, 0.25) is 0 Å². The van der Waals surface area contributed by atoms with E-state index in [-0.39, 0.29) is 0 Å². The van der Waals surface area contributed by atoms with E-state index in [9.17, 15) is 0 Å². The van der Waals surface area contributed by atoms with E-state index in [1.54, 1.807) is 0 Å². The fourth-order valence-electron chi connectivity index (χ4n) is 2.78. The third-order valence-corrected chi connectivity index (χ3v) is 3.59. The number of hydrogen-bond donors (Lipinski definition) is 1. The van der Waals surface area contributed by atoms with Crippen molar-refractivity contribution >= 4 is 5.82 Å². The van der Waals surface area contributed by atoms with Crippen LogP contribution >= 0.6 is 0 Å².